The zero-order valence-corrected chi connectivity index (χ0v) is 12.4. The van der Waals surface area contributed by atoms with E-state index in [-0.39, 0.29) is 11.9 Å². The van der Waals surface area contributed by atoms with E-state index in [9.17, 15) is 4.79 Å². The normalized spacial score (nSPS) is 12.4. The molecular weight excluding hydrogens is 238 g/mol. The average molecular weight is 265 g/mol. The van der Waals surface area contributed by atoms with Gasteiger partial charge in [0.15, 0.2) is 0 Å². The number of amides is 1. The maximum absolute atomic E-state index is 11.8. The van der Waals surface area contributed by atoms with Crippen LogP contribution in [0.3, 0.4) is 0 Å². The first-order valence-corrected chi connectivity index (χ1v) is 7.34. The zero-order valence-electron chi connectivity index (χ0n) is 12.4. The first kappa shape index (κ1) is 15.8. The van der Waals surface area contributed by atoms with Crippen LogP contribution in [0.4, 0.5) is 0 Å². The summed E-state index contributed by atoms with van der Waals surface area (Å²) < 4.78 is 2.02. The van der Waals surface area contributed by atoms with Gasteiger partial charge in [0.05, 0.1) is 0 Å². The number of carbonyl (C=O) groups is 1. The van der Waals surface area contributed by atoms with Crippen molar-refractivity contribution in [3.8, 4) is 0 Å². The maximum atomic E-state index is 11.8. The van der Waals surface area contributed by atoms with Gasteiger partial charge in [-0.1, -0.05) is 20.3 Å². The number of hydrogen-bond donors (Lipinski definition) is 2. The number of hydrogen-bond acceptors (Lipinski definition) is 2. The Morgan fingerprint density at radius 1 is 1.32 bits per heavy atom. The largest absolute Gasteiger partial charge is 0.355 e. The fraction of sp³-hybridized carbons (Fsp3) is 0.667. The summed E-state index contributed by atoms with van der Waals surface area (Å²) in [6.45, 7) is 8.59. The van der Waals surface area contributed by atoms with Crippen molar-refractivity contribution in [1.29, 1.82) is 0 Å². The van der Waals surface area contributed by atoms with Gasteiger partial charge < -0.3 is 15.2 Å². The maximum Gasteiger partial charge on any atom is 0.239 e. The molecule has 4 nitrogen and oxygen atoms in total. The number of nitrogens with one attached hydrogen (secondary N) is 2. The van der Waals surface area contributed by atoms with Gasteiger partial charge in [0.25, 0.3) is 0 Å². The molecule has 1 amide bonds. The number of unbranched alkanes of at least 4 members (excludes halogenated alkanes) is 1. The standard InChI is InChI=1S/C15H27N3O/c1-4-6-10-17-15(19)12-18-11-7-8-14(18)13(3)16-9-5-2/h7-8,11,13,16H,4-6,9-10,12H2,1-3H3,(H,17,19). The van der Waals surface area contributed by atoms with Crippen LogP contribution in [0.15, 0.2) is 18.3 Å². The number of rotatable bonds is 9. The van der Waals surface area contributed by atoms with Gasteiger partial charge in [-0.15, -0.1) is 0 Å². The summed E-state index contributed by atoms with van der Waals surface area (Å²) in [5.41, 5.74) is 1.17. The molecule has 0 aliphatic carbocycles. The summed E-state index contributed by atoms with van der Waals surface area (Å²) in [5, 5.41) is 6.40. The minimum absolute atomic E-state index is 0.0913. The second kappa shape index (κ2) is 8.75. The van der Waals surface area contributed by atoms with Gasteiger partial charge in [0, 0.05) is 24.5 Å². The molecule has 1 unspecified atom stereocenters. The molecule has 0 bridgehead atoms. The van der Waals surface area contributed by atoms with Gasteiger partial charge >= 0.3 is 0 Å². The average Bonchev–Trinajstić information content (AvgIpc) is 2.84. The Kier molecular flexibility index (Phi) is 7.26. The van der Waals surface area contributed by atoms with E-state index in [1.165, 1.54) is 5.69 Å². The highest BCUT2D eigenvalue weighted by Crippen LogP contribution is 2.13. The third-order valence-electron chi connectivity index (χ3n) is 3.18. The predicted octanol–water partition coefficient (Wildman–Crippen LogP) is 2.46. The Bertz CT molecular complexity index is 373. The molecule has 108 valence electrons. The summed E-state index contributed by atoms with van der Waals surface area (Å²) in [4.78, 5) is 11.8. The Balaban J connectivity index is 2.49. The summed E-state index contributed by atoms with van der Waals surface area (Å²) in [5.74, 6) is 0.0913. The van der Waals surface area contributed by atoms with E-state index in [1.807, 2.05) is 16.8 Å². The highest BCUT2D eigenvalue weighted by atomic mass is 16.1. The van der Waals surface area contributed by atoms with Gasteiger partial charge in [-0.05, 0) is 38.4 Å². The molecule has 1 aromatic heterocycles. The van der Waals surface area contributed by atoms with Crippen molar-refractivity contribution in [2.45, 2.75) is 52.6 Å². The van der Waals surface area contributed by atoms with Gasteiger partial charge in [-0.2, -0.15) is 0 Å². The molecule has 0 saturated heterocycles. The van der Waals surface area contributed by atoms with Gasteiger partial charge in [-0.3, -0.25) is 4.79 Å². The van der Waals surface area contributed by atoms with E-state index in [2.05, 4.69) is 37.5 Å². The highest BCUT2D eigenvalue weighted by Gasteiger charge is 2.11. The van der Waals surface area contributed by atoms with Crippen LogP contribution in [0.2, 0.25) is 0 Å². The minimum atomic E-state index is 0.0913. The molecule has 0 radical (unpaired) electrons. The number of carbonyl (C=O) groups excluding carboxylic acids is 1. The van der Waals surface area contributed by atoms with Crippen LogP contribution in [0, 0.1) is 0 Å². The zero-order chi connectivity index (χ0) is 14.1. The Morgan fingerprint density at radius 3 is 2.79 bits per heavy atom. The number of aromatic nitrogens is 1. The van der Waals surface area contributed by atoms with E-state index in [0.717, 1.165) is 32.4 Å². The third kappa shape index (κ3) is 5.47. The molecule has 1 heterocycles. The van der Waals surface area contributed by atoms with E-state index in [1.54, 1.807) is 0 Å². The Hall–Kier alpha value is -1.29. The second-order valence-corrected chi connectivity index (χ2v) is 4.94. The van der Waals surface area contributed by atoms with Crippen molar-refractivity contribution >= 4 is 5.91 Å². The van der Waals surface area contributed by atoms with Crippen molar-refractivity contribution in [2.75, 3.05) is 13.1 Å². The lowest BCUT2D eigenvalue weighted by Crippen LogP contribution is -2.30. The smallest absolute Gasteiger partial charge is 0.239 e. The molecule has 0 aliphatic rings. The van der Waals surface area contributed by atoms with E-state index < -0.39 is 0 Å². The fourth-order valence-electron chi connectivity index (χ4n) is 2.04. The van der Waals surface area contributed by atoms with Crippen molar-refractivity contribution < 1.29 is 4.79 Å². The Morgan fingerprint density at radius 2 is 2.11 bits per heavy atom. The molecule has 1 aromatic rings. The molecule has 4 heteroatoms. The molecule has 0 saturated carbocycles. The highest BCUT2D eigenvalue weighted by molar-refractivity contribution is 5.75. The van der Waals surface area contributed by atoms with Crippen LogP contribution in [-0.2, 0) is 11.3 Å². The van der Waals surface area contributed by atoms with Crippen molar-refractivity contribution in [3.05, 3.63) is 24.0 Å². The lowest BCUT2D eigenvalue weighted by molar-refractivity contribution is -0.121. The molecule has 2 N–H and O–H groups in total. The van der Waals surface area contributed by atoms with E-state index >= 15 is 0 Å². The first-order valence-electron chi connectivity index (χ1n) is 7.34. The van der Waals surface area contributed by atoms with Gasteiger partial charge in [0.1, 0.15) is 6.54 Å². The molecule has 1 rings (SSSR count). The van der Waals surface area contributed by atoms with Crippen LogP contribution < -0.4 is 10.6 Å². The summed E-state index contributed by atoms with van der Waals surface area (Å²) in [6, 6.07) is 4.35. The molecule has 0 aromatic carbocycles. The van der Waals surface area contributed by atoms with Crippen LogP contribution in [0.5, 0.6) is 0 Å². The minimum Gasteiger partial charge on any atom is -0.355 e. The van der Waals surface area contributed by atoms with Gasteiger partial charge in [-0.25, -0.2) is 0 Å². The molecular formula is C15H27N3O. The molecule has 19 heavy (non-hydrogen) atoms. The molecule has 1 atom stereocenters. The number of nitrogens with zero attached hydrogens (tertiary/aromatic N) is 1. The van der Waals surface area contributed by atoms with Crippen LogP contribution in [0.25, 0.3) is 0 Å². The fourth-order valence-corrected chi connectivity index (χ4v) is 2.04. The van der Waals surface area contributed by atoms with Crippen molar-refractivity contribution in [1.82, 2.24) is 15.2 Å². The monoisotopic (exact) mass is 265 g/mol. The van der Waals surface area contributed by atoms with Crippen LogP contribution in [0.1, 0.15) is 51.8 Å². The Labute approximate surface area is 116 Å². The van der Waals surface area contributed by atoms with Crippen LogP contribution >= 0.6 is 0 Å². The van der Waals surface area contributed by atoms with Crippen molar-refractivity contribution in [2.24, 2.45) is 0 Å². The molecule has 0 aliphatic heterocycles. The lowest BCUT2D eigenvalue weighted by atomic mass is 10.2. The van der Waals surface area contributed by atoms with Crippen LogP contribution in [-0.4, -0.2) is 23.6 Å². The summed E-state index contributed by atoms with van der Waals surface area (Å²) >= 11 is 0. The lowest BCUT2D eigenvalue weighted by Gasteiger charge is -2.16. The first-order chi connectivity index (χ1) is 9.19. The van der Waals surface area contributed by atoms with Crippen molar-refractivity contribution in [3.63, 3.8) is 0 Å². The van der Waals surface area contributed by atoms with Gasteiger partial charge in [0.2, 0.25) is 5.91 Å². The molecule has 0 fully saturated rings. The summed E-state index contributed by atoms with van der Waals surface area (Å²) in [7, 11) is 0. The SMILES string of the molecule is CCCCNC(=O)Cn1cccc1C(C)NCCC. The topological polar surface area (TPSA) is 46.1 Å². The summed E-state index contributed by atoms with van der Waals surface area (Å²) in [6.07, 6.45) is 5.23. The quantitative estimate of drug-likeness (QED) is 0.674. The second-order valence-electron chi connectivity index (χ2n) is 4.94. The van der Waals surface area contributed by atoms with E-state index in [0.29, 0.717) is 6.54 Å². The third-order valence-corrected chi connectivity index (χ3v) is 3.18. The van der Waals surface area contributed by atoms with E-state index in [4.69, 9.17) is 0 Å². The predicted molar refractivity (Wildman–Crippen MR) is 79.1 cm³/mol. The molecule has 0 spiro atoms.